The lowest BCUT2D eigenvalue weighted by Gasteiger charge is -2.26. The van der Waals surface area contributed by atoms with E-state index < -0.39 is 0 Å². The van der Waals surface area contributed by atoms with Crippen molar-refractivity contribution in [3.8, 4) is 0 Å². The molecule has 1 saturated carbocycles. The number of thioether (sulfide) groups is 1. The number of amidine groups is 1. The molecule has 1 N–H and O–H groups in total. The quantitative estimate of drug-likeness (QED) is 0.309. The Morgan fingerprint density at radius 2 is 2.03 bits per heavy atom. The summed E-state index contributed by atoms with van der Waals surface area (Å²) in [7, 11) is 0. The van der Waals surface area contributed by atoms with Crippen molar-refractivity contribution in [2.45, 2.75) is 51.1 Å². The van der Waals surface area contributed by atoms with Crippen LogP contribution >= 0.6 is 23.1 Å². The van der Waals surface area contributed by atoms with E-state index in [9.17, 15) is 9.59 Å². The minimum Gasteiger partial charge on any atom is -0.347 e. The Bertz CT molecular complexity index is 1370. The third-order valence-electron chi connectivity index (χ3n) is 7.02. The number of piperidine rings is 1. The number of fused-ring (bicyclic) bond motifs is 1. The molecule has 0 atom stereocenters. The molecule has 1 aliphatic carbocycles. The summed E-state index contributed by atoms with van der Waals surface area (Å²) in [5, 5.41) is 5.26. The number of thiazole rings is 1. The van der Waals surface area contributed by atoms with E-state index in [1.165, 1.54) is 61.0 Å². The van der Waals surface area contributed by atoms with E-state index >= 15 is 0 Å². The molecule has 37 heavy (non-hydrogen) atoms. The van der Waals surface area contributed by atoms with Gasteiger partial charge in [-0.05, 0) is 93.8 Å². The first-order valence-electron chi connectivity index (χ1n) is 13.0. The van der Waals surface area contributed by atoms with Crippen molar-refractivity contribution in [1.29, 1.82) is 0 Å². The van der Waals surface area contributed by atoms with Gasteiger partial charge in [0.05, 0.1) is 15.5 Å². The smallest absolute Gasteiger partial charge is 0.264 e. The van der Waals surface area contributed by atoms with E-state index in [4.69, 9.17) is 0 Å². The number of aryl methyl sites for hydroxylation is 1. The van der Waals surface area contributed by atoms with Gasteiger partial charge in [0.1, 0.15) is 0 Å². The zero-order chi connectivity index (χ0) is 25.2. The lowest BCUT2D eigenvalue weighted by molar-refractivity contribution is -0.115. The minimum absolute atomic E-state index is 0.172. The molecular formula is C27H30N6O2S2. The molecule has 0 spiro atoms. The van der Waals surface area contributed by atoms with Crippen molar-refractivity contribution in [2.75, 3.05) is 24.5 Å². The van der Waals surface area contributed by atoms with Gasteiger partial charge in [0.2, 0.25) is 6.41 Å². The minimum atomic E-state index is -0.172. The fourth-order valence-electron chi connectivity index (χ4n) is 4.93. The lowest BCUT2D eigenvalue weighted by atomic mass is 10.1. The average molecular weight is 535 g/mol. The van der Waals surface area contributed by atoms with Gasteiger partial charge in [-0.1, -0.05) is 17.8 Å². The number of nitrogens with zero attached hydrogens (tertiary/aromatic N) is 5. The second kappa shape index (κ2) is 10.8. The summed E-state index contributed by atoms with van der Waals surface area (Å²) < 4.78 is 2.32. The predicted molar refractivity (Wildman–Crippen MR) is 151 cm³/mol. The van der Waals surface area contributed by atoms with Crippen molar-refractivity contribution < 1.29 is 9.59 Å². The maximum absolute atomic E-state index is 12.6. The number of likely N-dealkylation sites (tertiary alicyclic amines) is 1. The number of hydrogen-bond donors (Lipinski definition) is 1. The summed E-state index contributed by atoms with van der Waals surface area (Å²) in [5.41, 5.74) is 2.02. The Labute approximate surface area is 224 Å². The van der Waals surface area contributed by atoms with Crippen LogP contribution in [0.15, 0.2) is 46.6 Å². The molecule has 1 aromatic carbocycles. The van der Waals surface area contributed by atoms with Crippen LogP contribution in [0.4, 0.5) is 10.8 Å². The Morgan fingerprint density at radius 1 is 1.16 bits per heavy atom. The number of benzene rings is 1. The number of rotatable bonds is 9. The number of anilines is 1. The van der Waals surface area contributed by atoms with Gasteiger partial charge in [-0.25, -0.2) is 9.98 Å². The number of hydrogen-bond acceptors (Lipinski definition) is 7. The largest absolute Gasteiger partial charge is 0.347 e. The van der Waals surface area contributed by atoms with Gasteiger partial charge in [-0.3, -0.25) is 14.5 Å². The Balaban J connectivity index is 1.10. The SMILES string of the molecule is O=CN(c1ncc(/C=C2\SC(=Nc3ccc4c(ccn4CCCN4CCCCC4)c3)NC2=O)s1)C1CC1. The highest BCUT2D eigenvalue weighted by molar-refractivity contribution is 8.18. The third-order valence-corrected chi connectivity index (χ3v) is 8.89. The van der Waals surface area contributed by atoms with Crippen LogP contribution in [-0.4, -0.2) is 57.6 Å². The van der Waals surface area contributed by atoms with Gasteiger partial charge in [-0.2, -0.15) is 0 Å². The summed E-state index contributed by atoms with van der Waals surface area (Å²) >= 11 is 2.74. The molecule has 2 saturated heterocycles. The van der Waals surface area contributed by atoms with Gasteiger partial charge in [0.25, 0.3) is 5.91 Å². The van der Waals surface area contributed by atoms with Crippen LogP contribution in [0, 0.1) is 0 Å². The Kier molecular flexibility index (Phi) is 7.12. The number of carbonyl (C=O) groups is 2. The van der Waals surface area contributed by atoms with Crippen LogP contribution in [0.1, 0.15) is 43.4 Å². The topological polar surface area (TPSA) is 82.8 Å². The lowest BCUT2D eigenvalue weighted by Crippen LogP contribution is -2.31. The molecule has 4 heterocycles. The number of nitrogens with one attached hydrogen (secondary N) is 1. The van der Waals surface area contributed by atoms with Gasteiger partial charge in [0, 0.05) is 35.9 Å². The molecular weight excluding hydrogens is 504 g/mol. The Morgan fingerprint density at radius 3 is 2.84 bits per heavy atom. The van der Waals surface area contributed by atoms with Crippen molar-refractivity contribution in [1.82, 2.24) is 19.8 Å². The molecule has 2 amide bonds. The van der Waals surface area contributed by atoms with E-state index in [0.717, 1.165) is 54.7 Å². The van der Waals surface area contributed by atoms with Crippen LogP contribution < -0.4 is 10.2 Å². The zero-order valence-corrected chi connectivity index (χ0v) is 22.3. The first-order chi connectivity index (χ1) is 18.2. The molecule has 192 valence electrons. The molecule has 8 nitrogen and oxygen atoms in total. The monoisotopic (exact) mass is 534 g/mol. The van der Waals surface area contributed by atoms with E-state index in [0.29, 0.717) is 15.2 Å². The number of aromatic nitrogens is 2. The molecule has 2 aromatic heterocycles. The number of amides is 2. The van der Waals surface area contributed by atoms with Crippen LogP contribution in [0.3, 0.4) is 0 Å². The molecule has 3 aliphatic rings. The normalized spacial score (nSPS) is 20.7. The van der Waals surface area contributed by atoms with Crippen LogP contribution in [0.5, 0.6) is 0 Å². The van der Waals surface area contributed by atoms with Gasteiger partial charge in [0.15, 0.2) is 10.3 Å². The highest BCUT2D eigenvalue weighted by Gasteiger charge is 2.31. The molecule has 2 aliphatic heterocycles. The van der Waals surface area contributed by atoms with E-state index in [1.54, 1.807) is 11.1 Å². The molecule has 10 heteroatoms. The summed E-state index contributed by atoms with van der Waals surface area (Å²) in [6, 6.07) is 8.59. The standard InChI is InChI=1S/C27H30N6O2S2/c34-18-33(21-6-7-21)27-28-17-22(36-27)16-24-25(35)30-26(37-24)29-20-5-8-23-19(15-20)9-14-32(23)13-4-12-31-10-2-1-3-11-31/h5,8-9,14-18,21H,1-4,6-7,10-13H2,(H,29,30,35)/b24-16-. The first-order valence-corrected chi connectivity index (χ1v) is 14.6. The Hall–Kier alpha value is -2.95. The van der Waals surface area contributed by atoms with Crippen molar-refractivity contribution in [3.63, 3.8) is 0 Å². The highest BCUT2D eigenvalue weighted by Crippen LogP contribution is 2.35. The summed E-state index contributed by atoms with van der Waals surface area (Å²) in [4.78, 5) is 38.7. The molecule has 3 aromatic rings. The fourth-order valence-corrected chi connectivity index (χ4v) is 6.73. The molecule has 0 unspecified atom stereocenters. The van der Waals surface area contributed by atoms with Crippen LogP contribution in [-0.2, 0) is 16.1 Å². The van der Waals surface area contributed by atoms with Gasteiger partial charge >= 0.3 is 0 Å². The van der Waals surface area contributed by atoms with Crippen LogP contribution in [0.2, 0.25) is 0 Å². The van der Waals surface area contributed by atoms with E-state index in [-0.39, 0.29) is 11.9 Å². The van der Waals surface area contributed by atoms with Crippen molar-refractivity contribution in [2.24, 2.45) is 4.99 Å². The second-order valence-electron chi connectivity index (χ2n) is 9.78. The average Bonchev–Trinajstić information content (AvgIpc) is 3.34. The highest BCUT2D eigenvalue weighted by atomic mass is 32.2. The molecule has 3 fully saturated rings. The zero-order valence-electron chi connectivity index (χ0n) is 20.6. The van der Waals surface area contributed by atoms with Gasteiger partial charge < -0.3 is 14.8 Å². The maximum atomic E-state index is 12.6. The summed E-state index contributed by atoms with van der Waals surface area (Å²) in [6.45, 7) is 4.66. The molecule has 0 bridgehead atoms. The third kappa shape index (κ3) is 5.66. The van der Waals surface area contributed by atoms with Crippen molar-refractivity contribution in [3.05, 3.63) is 46.4 Å². The van der Waals surface area contributed by atoms with Crippen LogP contribution in [0.25, 0.3) is 17.0 Å². The number of aliphatic imine (C=N–C) groups is 1. The molecule has 6 rings (SSSR count). The van der Waals surface area contributed by atoms with Crippen molar-refractivity contribution >= 4 is 68.4 Å². The van der Waals surface area contributed by atoms with E-state index in [2.05, 4.69) is 49.2 Å². The van der Waals surface area contributed by atoms with E-state index in [1.807, 2.05) is 12.1 Å². The number of carbonyl (C=O) groups excluding carboxylic acids is 2. The molecule has 0 radical (unpaired) electrons. The first kappa shape index (κ1) is 24.4. The van der Waals surface area contributed by atoms with Gasteiger partial charge in [-0.15, -0.1) is 0 Å². The maximum Gasteiger partial charge on any atom is 0.264 e. The summed E-state index contributed by atoms with van der Waals surface area (Å²) in [5.74, 6) is -0.172. The summed E-state index contributed by atoms with van der Waals surface area (Å²) in [6.07, 6.45) is 13.7. The fraction of sp³-hybridized carbons (Fsp3) is 0.407. The second-order valence-corrected chi connectivity index (χ2v) is 11.9. The predicted octanol–water partition coefficient (Wildman–Crippen LogP) is 4.99.